The molecule has 3 nitrogen and oxygen atoms in total. The van der Waals surface area contributed by atoms with Gasteiger partial charge in [-0.2, -0.15) is 0 Å². The van der Waals surface area contributed by atoms with E-state index in [9.17, 15) is 0 Å². The van der Waals surface area contributed by atoms with Gasteiger partial charge in [-0.3, -0.25) is 0 Å². The Bertz CT molecular complexity index is 164. The summed E-state index contributed by atoms with van der Waals surface area (Å²) >= 11 is 0. The highest BCUT2D eigenvalue weighted by Gasteiger charge is 2.27. The lowest BCUT2D eigenvalue weighted by Crippen LogP contribution is -2.37. The summed E-state index contributed by atoms with van der Waals surface area (Å²) in [6, 6.07) is 0.880. The summed E-state index contributed by atoms with van der Waals surface area (Å²) in [5.74, 6) is 0. The molecule has 0 heterocycles. The number of rotatable bonds is 8. The zero-order chi connectivity index (χ0) is 11.9. The minimum atomic E-state index is -1.98. The molecule has 0 aliphatic rings. The van der Waals surface area contributed by atoms with Crippen LogP contribution in [-0.4, -0.2) is 47.3 Å². The molecule has 0 bridgehead atoms. The number of nitrogens with zero attached hydrogens (tertiary/aromatic N) is 1. The van der Waals surface area contributed by atoms with Gasteiger partial charge in [0.15, 0.2) is 0 Å². The van der Waals surface area contributed by atoms with E-state index in [0.717, 1.165) is 25.6 Å². The Balaban J connectivity index is 4.02. The molecule has 1 unspecified atom stereocenters. The van der Waals surface area contributed by atoms with Gasteiger partial charge in [0.05, 0.1) is 0 Å². The molecule has 0 aromatic carbocycles. The topological polar surface area (TPSA) is 21.7 Å². The third kappa shape index (κ3) is 5.10. The maximum Gasteiger partial charge on any atom is 0.334 e. The van der Waals surface area contributed by atoms with E-state index in [4.69, 9.17) is 10.2 Å². The summed E-state index contributed by atoms with van der Waals surface area (Å²) < 4.78 is 18.8. The Morgan fingerprint density at radius 1 is 1.21 bits per heavy atom. The molecule has 0 rings (SSSR count). The second-order valence-electron chi connectivity index (χ2n) is 3.48. The van der Waals surface area contributed by atoms with E-state index >= 15 is 0 Å². The lowest BCUT2D eigenvalue weighted by Gasteiger charge is -2.24. The van der Waals surface area contributed by atoms with Crippen molar-refractivity contribution in [2.75, 3.05) is 33.8 Å². The summed E-state index contributed by atoms with van der Waals surface area (Å²) in [5.41, 5.74) is 0. The van der Waals surface area contributed by atoms with Crippen LogP contribution in [0.2, 0.25) is 12.6 Å². The average molecular weight is 220 g/mol. The molecule has 14 heavy (non-hydrogen) atoms. The van der Waals surface area contributed by atoms with Crippen LogP contribution >= 0.6 is 0 Å². The molecule has 86 valence electrons. The first-order valence-corrected chi connectivity index (χ1v) is 7.82. The first kappa shape index (κ1) is 12.2. The Labute approximate surface area is 91.0 Å². The first-order chi connectivity index (χ1) is 7.02. The molecule has 0 saturated carbocycles. The average Bonchev–Trinajstić information content (AvgIpc) is 2.27. The van der Waals surface area contributed by atoms with Crippen molar-refractivity contribution in [3.8, 4) is 0 Å². The van der Waals surface area contributed by atoms with Crippen LogP contribution in [0.5, 0.6) is 0 Å². The van der Waals surface area contributed by atoms with Crippen molar-refractivity contribution in [2.45, 2.75) is 32.9 Å². The zero-order valence-corrected chi connectivity index (χ0v) is 11.2. The van der Waals surface area contributed by atoms with Crippen LogP contribution in [0.15, 0.2) is 0 Å². The van der Waals surface area contributed by atoms with Crippen molar-refractivity contribution in [3.05, 3.63) is 0 Å². The molecule has 4 heteroatoms. The van der Waals surface area contributed by atoms with Crippen molar-refractivity contribution in [2.24, 2.45) is 0 Å². The third-order valence-electron chi connectivity index (χ3n) is 2.66. The highest BCUT2D eigenvalue weighted by Crippen LogP contribution is 2.13. The van der Waals surface area contributed by atoms with Gasteiger partial charge in [-0.25, -0.2) is 0 Å². The molecular weight excluding hydrogens is 194 g/mol. The fourth-order valence-corrected chi connectivity index (χ4v) is 2.51. The summed E-state index contributed by atoms with van der Waals surface area (Å²) in [7, 11) is 1.42. The molecule has 0 aliphatic carbocycles. The van der Waals surface area contributed by atoms with E-state index in [-0.39, 0.29) is 6.52 Å². The van der Waals surface area contributed by atoms with Crippen LogP contribution in [0.25, 0.3) is 0 Å². The van der Waals surface area contributed by atoms with Crippen molar-refractivity contribution in [3.63, 3.8) is 0 Å². The van der Waals surface area contributed by atoms with Gasteiger partial charge < -0.3 is 13.8 Å². The minimum absolute atomic E-state index is 0.128. The minimum Gasteiger partial charge on any atom is -0.398 e. The molecule has 0 radical (unpaired) electrons. The van der Waals surface area contributed by atoms with Gasteiger partial charge in [0.1, 0.15) is 0 Å². The van der Waals surface area contributed by atoms with Gasteiger partial charge in [0.25, 0.3) is 0 Å². The van der Waals surface area contributed by atoms with Crippen molar-refractivity contribution in [1.82, 2.24) is 4.90 Å². The largest absolute Gasteiger partial charge is 0.398 e. The van der Waals surface area contributed by atoms with Crippen molar-refractivity contribution >= 4 is 8.56 Å². The van der Waals surface area contributed by atoms with E-state index in [1.54, 1.807) is 14.2 Å². The normalized spacial score (nSPS) is 15.7. The molecule has 0 N–H and O–H groups in total. The van der Waals surface area contributed by atoms with Gasteiger partial charge in [0, 0.05) is 15.6 Å². The lowest BCUT2D eigenvalue weighted by atomic mass is 10.4. The van der Waals surface area contributed by atoms with Gasteiger partial charge >= 0.3 is 8.56 Å². The smallest absolute Gasteiger partial charge is 0.334 e. The Morgan fingerprint density at radius 2 is 1.71 bits per heavy atom. The predicted octanol–water partition coefficient (Wildman–Crippen LogP) is 2.08. The van der Waals surface area contributed by atoms with E-state index in [1.165, 1.54) is 0 Å². The molecule has 0 spiro atoms. The summed E-state index contributed by atoms with van der Waals surface area (Å²) in [6.45, 7) is 7.97. The third-order valence-corrected chi connectivity index (χ3v) is 5.59. The highest BCUT2D eigenvalue weighted by molar-refractivity contribution is 6.65. The fraction of sp³-hybridized carbons (Fsp3) is 1.00. The maximum atomic E-state index is 8.00. The Hall–Kier alpha value is 0.0969. The molecule has 0 aliphatic heterocycles. The molecule has 0 amide bonds. The summed E-state index contributed by atoms with van der Waals surface area (Å²) in [4.78, 5) is 2.14. The first-order valence-electron chi connectivity index (χ1n) is 5.87. The summed E-state index contributed by atoms with van der Waals surface area (Å²) in [6.07, 6.45) is 0.825. The molecule has 1 atom stereocenters. The van der Waals surface area contributed by atoms with Crippen LogP contribution < -0.4 is 0 Å². The second kappa shape index (κ2) is 7.40. The van der Waals surface area contributed by atoms with Crippen LogP contribution in [0.3, 0.4) is 0 Å². The van der Waals surface area contributed by atoms with Crippen LogP contribution in [0.1, 0.15) is 21.6 Å². The number of hydrogen-bond acceptors (Lipinski definition) is 3. The standard InChI is InChI=1S/C10H25NO2Si/c1-6-11(7-2)9-8-10-14(5,12-3)13-4/h6-10H2,1-5H3/i9D. The lowest BCUT2D eigenvalue weighted by molar-refractivity contribution is 0.242. The van der Waals surface area contributed by atoms with Crippen LogP contribution in [0.4, 0.5) is 0 Å². The molecule has 0 aromatic heterocycles. The maximum absolute atomic E-state index is 8.00. The number of hydrogen-bond donors (Lipinski definition) is 0. The fourth-order valence-electron chi connectivity index (χ4n) is 1.28. The summed E-state index contributed by atoms with van der Waals surface area (Å²) in [5, 5.41) is 0. The van der Waals surface area contributed by atoms with Crippen molar-refractivity contribution in [1.29, 1.82) is 0 Å². The van der Waals surface area contributed by atoms with Gasteiger partial charge in [0.2, 0.25) is 0 Å². The monoisotopic (exact) mass is 220 g/mol. The van der Waals surface area contributed by atoms with E-state index in [1.807, 2.05) is 6.55 Å². The van der Waals surface area contributed by atoms with Crippen LogP contribution in [-0.2, 0) is 8.85 Å². The molecule has 0 fully saturated rings. The van der Waals surface area contributed by atoms with Gasteiger partial charge in [-0.15, -0.1) is 0 Å². The van der Waals surface area contributed by atoms with E-state index in [2.05, 4.69) is 18.7 Å². The van der Waals surface area contributed by atoms with E-state index in [0.29, 0.717) is 0 Å². The molecular formula is C10H25NO2Si. The molecule has 0 aromatic rings. The zero-order valence-electron chi connectivity index (χ0n) is 11.2. The molecule has 0 saturated heterocycles. The highest BCUT2D eigenvalue weighted by atomic mass is 28.4. The van der Waals surface area contributed by atoms with Crippen molar-refractivity contribution < 1.29 is 10.2 Å². The second-order valence-corrected chi connectivity index (χ2v) is 7.07. The van der Waals surface area contributed by atoms with E-state index < -0.39 is 8.56 Å². The SMILES string of the molecule is [2H]C(CC[Si](C)(OC)OC)N(CC)CC. The predicted molar refractivity (Wildman–Crippen MR) is 62.8 cm³/mol. The quantitative estimate of drug-likeness (QED) is 0.585. The van der Waals surface area contributed by atoms with Gasteiger partial charge in [-0.1, -0.05) is 13.8 Å². The Kier molecular flexibility index (Phi) is 6.43. The van der Waals surface area contributed by atoms with Crippen LogP contribution in [0, 0.1) is 0 Å². The van der Waals surface area contributed by atoms with Gasteiger partial charge in [-0.05, 0) is 38.6 Å². The Morgan fingerprint density at radius 3 is 2.07 bits per heavy atom.